The summed E-state index contributed by atoms with van der Waals surface area (Å²) in [6.07, 6.45) is 8.43. The first-order valence-electron chi connectivity index (χ1n) is 9.98. The van der Waals surface area contributed by atoms with Gasteiger partial charge in [0.25, 0.3) is 0 Å². The third-order valence-corrected chi connectivity index (χ3v) is 6.06. The lowest BCUT2D eigenvalue weighted by molar-refractivity contribution is 0.203. The third kappa shape index (κ3) is 5.14. The van der Waals surface area contributed by atoms with E-state index in [2.05, 4.69) is 51.8 Å². The number of nitrogens with zero attached hydrogens (tertiary/aromatic N) is 4. The Kier molecular flexibility index (Phi) is 7.79. The van der Waals surface area contributed by atoms with E-state index in [9.17, 15) is 0 Å². The smallest absolute Gasteiger partial charge is 0.193 e. The molecule has 1 spiro atoms. The lowest BCUT2D eigenvalue weighted by atomic mass is 9.73. The maximum Gasteiger partial charge on any atom is 0.193 e. The molecule has 0 radical (unpaired) electrons. The van der Waals surface area contributed by atoms with Gasteiger partial charge in [-0.2, -0.15) is 5.10 Å². The average Bonchev–Trinajstić information content (AvgIpc) is 3.12. The summed E-state index contributed by atoms with van der Waals surface area (Å²) in [7, 11) is 1.92. The first-order valence-corrected chi connectivity index (χ1v) is 9.98. The van der Waals surface area contributed by atoms with Gasteiger partial charge in [-0.3, -0.25) is 9.67 Å². The van der Waals surface area contributed by atoms with Gasteiger partial charge in [0.2, 0.25) is 0 Å². The van der Waals surface area contributed by atoms with Gasteiger partial charge in [-0.05, 0) is 50.5 Å². The number of aromatic nitrogens is 2. The number of guanidine groups is 1. The molecule has 1 unspecified atom stereocenters. The van der Waals surface area contributed by atoms with Crippen molar-refractivity contribution < 1.29 is 0 Å². The number of aliphatic imine (C=N–C) groups is 1. The number of hydrogen-bond donors (Lipinski definition) is 1. The second kappa shape index (κ2) is 9.42. The molecule has 1 aromatic heterocycles. The van der Waals surface area contributed by atoms with Crippen molar-refractivity contribution in [2.24, 2.45) is 16.3 Å². The Bertz CT molecular complexity index is 603. The zero-order chi connectivity index (χ0) is 17.9. The van der Waals surface area contributed by atoms with Crippen LogP contribution < -0.4 is 5.32 Å². The molecule has 2 fully saturated rings. The highest BCUT2D eigenvalue weighted by Crippen LogP contribution is 2.43. The molecular weight excluding hydrogens is 437 g/mol. The van der Waals surface area contributed by atoms with E-state index in [1.54, 1.807) is 0 Å². The highest BCUT2D eigenvalue weighted by atomic mass is 127. The van der Waals surface area contributed by atoms with Gasteiger partial charge in [-0.15, -0.1) is 24.0 Å². The number of rotatable bonds is 4. The van der Waals surface area contributed by atoms with Gasteiger partial charge in [0.15, 0.2) is 5.96 Å². The van der Waals surface area contributed by atoms with E-state index in [4.69, 9.17) is 0 Å². The predicted octanol–water partition coefficient (Wildman–Crippen LogP) is 3.99. The van der Waals surface area contributed by atoms with Crippen LogP contribution in [0.1, 0.15) is 56.8 Å². The van der Waals surface area contributed by atoms with Gasteiger partial charge in [0.05, 0.1) is 5.69 Å². The molecular formula is C20H36IN5. The van der Waals surface area contributed by atoms with E-state index in [-0.39, 0.29) is 24.0 Å². The van der Waals surface area contributed by atoms with Crippen LogP contribution in [0.5, 0.6) is 0 Å². The molecule has 2 heterocycles. The summed E-state index contributed by atoms with van der Waals surface area (Å²) in [4.78, 5) is 7.05. The maximum absolute atomic E-state index is 4.58. The quantitative estimate of drug-likeness (QED) is 0.409. The first-order chi connectivity index (χ1) is 12.0. The van der Waals surface area contributed by atoms with E-state index in [0.717, 1.165) is 31.3 Å². The normalized spacial score (nSPS) is 20.9. The highest BCUT2D eigenvalue weighted by Gasteiger charge is 2.39. The summed E-state index contributed by atoms with van der Waals surface area (Å²) in [5.41, 5.74) is 2.92. The first kappa shape index (κ1) is 21.5. The van der Waals surface area contributed by atoms with Crippen molar-refractivity contribution in [2.45, 2.75) is 65.8 Å². The van der Waals surface area contributed by atoms with Gasteiger partial charge in [0, 0.05) is 38.9 Å². The van der Waals surface area contributed by atoms with Gasteiger partial charge >= 0.3 is 0 Å². The van der Waals surface area contributed by atoms with Crippen LogP contribution in [0, 0.1) is 25.2 Å². The van der Waals surface area contributed by atoms with Crippen LogP contribution in [0.25, 0.3) is 0 Å². The summed E-state index contributed by atoms with van der Waals surface area (Å²) < 4.78 is 2.12. The molecule has 1 atom stereocenters. The van der Waals surface area contributed by atoms with Crippen LogP contribution in [0.2, 0.25) is 0 Å². The molecule has 26 heavy (non-hydrogen) atoms. The molecule has 1 aliphatic carbocycles. The van der Waals surface area contributed by atoms with Gasteiger partial charge in [-0.25, -0.2) is 0 Å². The Morgan fingerprint density at radius 3 is 2.62 bits per heavy atom. The fraction of sp³-hybridized carbons (Fsp3) is 0.800. The molecule has 148 valence electrons. The molecule has 2 aliphatic rings. The fourth-order valence-corrected chi connectivity index (χ4v) is 4.64. The Morgan fingerprint density at radius 2 is 2.00 bits per heavy atom. The molecule has 1 saturated heterocycles. The SMILES string of the molecule is CN=C(NCC(C)Cn1nc(C)cc1C)N1CCC2(CCCCC2)C1.I. The van der Waals surface area contributed by atoms with Gasteiger partial charge in [-0.1, -0.05) is 26.2 Å². The van der Waals surface area contributed by atoms with E-state index in [1.165, 1.54) is 50.8 Å². The second-order valence-corrected chi connectivity index (χ2v) is 8.37. The molecule has 1 aromatic rings. The third-order valence-electron chi connectivity index (χ3n) is 6.06. The van der Waals surface area contributed by atoms with Crippen LogP contribution in [0.3, 0.4) is 0 Å². The molecule has 3 rings (SSSR count). The standard InChI is InChI=1S/C20H35N5.HI/c1-16(14-25-18(3)12-17(2)23-25)13-22-19(21-4)24-11-10-20(15-24)8-6-5-7-9-20;/h12,16H,5-11,13-15H2,1-4H3,(H,21,22);1H. The Morgan fingerprint density at radius 1 is 1.27 bits per heavy atom. The molecule has 1 N–H and O–H groups in total. The largest absolute Gasteiger partial charge is 0.356 e. The van der Waals surface area contributed by atoms with Crippen LogP contribution in [0.15, 0.2) is 11.1 Å². The van der Waals surface area contributed by atoms with E-state index in [0.29, 0.717) is 11.3 Å². The van der Waals surface area contributed by atoms with Crippen molar-refractivity contribution in [1.29, 1.82) is 0 Å². The molecule has 0 amide bonds. The topological polar surface area (TPSA) is 45.5 Å². The van der Waals surface area contributed by atoms with Crippen molar-refractivity contribution in [3.8, 4) is 0 Å². The van der Waals surface area contributed by atoms with Crippen LogP contribution in [-0.2, 0) is 6.54 Å². The minimum Gasteiger partial charge on any atom is -0.356 e. The zero-order valence-electron chi connectivity index (χ0n) is 16.9. The number of aryl methyl sites for hydroxylation is 2. The fourth-order valence-electron chi connectivity index (χ4n) is 4.64. The Labute approximate surface area is 176 Å². The lowest BCUT2D eigenvalue weighted by Crippen LogP contribution is -2.43. The monoisotopic (exact) mass is 473 g/mol. The second-order valence-electron chi connectivity index (χ2n) is 8.37. The molecule has 5 nitrogen and oxygen atoms in total. The number of likely N-dealkylation sites (tertiary alicyclic amines) is 1. The number of halogens is 1. The van der Waals surface area contributed by atoms with Crippen molar-refractivity contribution in [2.75, 3.05) is 26.7 Å². The average molecular weight is 473 g/mol. The Balaban J connectivity index is 0.00000243. The van der Waals surface area contributed by atoms with Crippen molar-refractivity contribution in [1.82, 2.24) is 20.0 Å². The summed E-state index contributed by atoms with van der Waals surface area (Å²) in [6, 6.07) is 2.15. The highest BCUT2D eigenvalue weighted by molar-refractivity contribution is 14.0. The van der Waals surface area contributed by atoms with Gasteiger partial charge < -0.3 is 10.2 Å². The molecule has 1 aliphatic heterocycles. The van der Waals surface area contributed by atoms with Crippen molar-refractivity contribution >= 4 is 29.9 Å². The molecule has 6 heteroatoms. The minimum absolute atomic E-state index is 0. The zero-order valence-corrected chi connectivity index (χ0v) is 19.3. The Hall–Kier alpha value is -0.790. The van der Waals surface area contributed by atoms with Crippen LogP contribution in [-0.4, -0.2) is 47.3 Å². The summed E-state index contributed by atoms with van der Waals surface area (Å²) in [5, 5.41) is 8.19. The predicted molar refractivity (Wildman–Crippen MR) is 119 cm³/mol. The minimum atomic E-state index is 0. The summed E-state index contributed by atoms with van der Waals surface area (Å²) in [6.45, 7) is 10.7. The lowest BCUT2D eigenvalue weighted by Gasteiger charge is -2.33. The van der Waals surface area contributed by atoms with E-state index in [1.807, 2.05) is 7.05 Å². The molecule has 0 bridgehead atoms. The summed E-state index contributed by atoms with van der Waals surface area (Å²) in [5.74, 6) is 1.60. The van der Waals surface area contributed by atoms with Gasteiger partial charge in [0.1, 0.15) is 0 Å². The van der Waals surface area contributed by atoms with Crippen LogP contribution in [0.4, 0.5) is 0 Å². The molecule has 1 saturated carbocycles. The van der Waals surface area contributed by atoms with Crippen molar-refractivity contribution in [3.63, 3.8) is 0 Å². The molecule has 0 aromatic carbocycles. The van der Waals surface area contributed by atoms with Crippen LogP contribution >= 0.6 is 24.0 Å². The summed E-state index contributed by atoms with van der Waals surface area (Å²) >= 11 is 0. The number of nitrogens with one attached hydrogen (secondary N) is 1. The van der Waals surface area contributed by atoms with E-state index >= 15 is 0 Å². The number of hydrogen-bond acceptors (Lipinski definition) is 2. The van der Waals surface area contributed by atoms with Crippen molar-refractivity contribution in [3.05, 3.63) is 17.5 Å². The maximum atomic E-state index is 4.58. The van der Waals surface area contributed by atoms with E-state index < -0.39 is 0 Å².